The average molecular weight is 173 g/mol. The standard InChI is InChI=1S/C8H15NO3/c1-11-7-3-6(4-9-5-7)8(10)12-2/h6-7,9H,3-5H2,1-2H3/t6-,7+/m1/s1. The molecule has 0 amide bonds. The fourth-order valence-corrected chi connectivity index (χ4v) is 1.43. The lowest BCUT2D eigenvalue weighted by Crippen LogP contribution is -2.43. The Hall–Kier alpha value is -0.610. The van der Waals surface area contributed by atoms with Crippen molar-refractivity contribution >= 4 is 5.97 Å². The second-order valence-corrected chi connectivity index (χ2v) is 2.97. The minimum Gasteiger partial charge on any atom is -0.469 e. The number of carbonyl (C=O) groups is 1. The van der Waals surface area contributed by atoms with Crippen LogP contribution in [-0.4, -0.2) is 39.4 Å². The Morgan fingerprint density at radius 3 is 2.75 bits per heavy atom. The van der Waals surface area contributed by atoms with E-state index in [0.717, 1.165) is 13.0 Å². The number of rotatable bonds is 2. The average Bonchev–Trinajstić information content (AvgIpc) is 2.17. The van der Waals surface area contributed by atoms with E-state index in [0.29, 0.717) is 6.54 Å². The number of hydrogen-bond acceptors (Lipinski definition) is 4. The summed E-state index contributed by atoms with van der Waals surface area (Å²) in [5.41, 5.74) is 0. The molecule has 0 radical (unpaired) electrons. The van der Waals surface area contributed by atoms with Crippen LogP contribution in [0.1, 0.15) is 6.42 Å². The molecule has 4 heteroatoms. The lowest BCUT2D eigenvalue weighted by molar-refractivity contribution is -0.147. The van der Waals surface area contributed by atoms with Crippen molar-refractivity contribution in [2.75, 3.05) is 27.3 Å². The van der Waals surface area contributed by atoms with E-state index in [1.165, 1.54) is 7.11 Å². The summed E-state index contributed by atoms with van der Waals surface area (Å²) in [4.78, 5) is 11.1. The van der Waals surface area contributed by atoms with Gasteiger partial charge in [-0.3, -0.25) is 4.79 Å². The number of carbonyl (C=O) groups excluding carboxylic acids is 1. The number of ether oxygens (including phenoxy) is 2. The SMILES string of the molecule is COC(=O)[C@H]1CNC[C@@H](OC)C1. The number of methoxy groups -OCH3 is 2. The van der Waals surface area contributed by atoms with E-state index in [4.69, 9.17) is 4.74 Å². The third kappa shape index (κ3) is 2.19. The van der Waals surface area contributed by atoms with Gasteiger partial charge in [0.15, 0.2) is 0 Å². The summed E-state index contributed by atoms with van der Waals surface area (Å²) in [5, 5.41) is 3.13. The predicted octanol–water partition coefficient (Wildman–Crippen LogP) is -0.216. The molecule has 0 bridgehead atoms. The van der Waals surface area contributed by atoms with Crippen molar-refractivity contribution in [1.82, 2.24) is 5.32 Å². The summed E-state index contributed by atoms with van der Waals surface area (Å²) in [6.07, 6.45) is 0.902. The van der Waals surface area contributed by atoms with Crippen LogP contribution < -0.4 is 5.32 Å². The minimum absolute atomic E-state index is 0.0475. The van der Waals surface area contributed by atoms with Crippen molar-refractivity contribution in [3.63, 3.8) is 0 Å². The number of hydrogen-bond donors (Lipinski definition) is 1. The first-order valence-corrected chi connectivity index (χ1v) is 4.09. The highest BCUT2D eigenvalue weighted by molar-refractivity contribution is 5.72. The molecular weight excluding hydrogens is 158 g/mol. The molecule has 2 atom stereocenters. The molecule has 1 heterocycles. The van der Waals surface area contributed by atoms with Gasteiger partial charge in [-0.25, -0.2) is 0 Å². The van der Waals surface area contributed by atoms with Gasteiger partial charge < -0.3 is 14.8 Å². The molecule has 0 aromatic heterocycles. The van der Waals surface area contributed by atoms with Crippen LogP contribution in [-0.2, 0) is 14.3 Å². The van der Waals surface area contributed by atoms with E-state index in [1.54, 1.807) is 7.11 Å². The molecule has 0 unspecified atom stereocenters. The summed E-state index contributed by atoms with van der Waals surface area (Å²) in [5.74, 6) is -0.196. The molecule has 1 fully saturated rings. The van der Waals surface area contributed by atoms with Gasteiger partial charge in [0.1, 0.15) is 0 Å². The largest absolute Gasteiger partial charge is 0.469 e. The fraction of sp³-hybridized carbons (Fsp3) is 0.875. The molecule has 1 aliphatic heterocycles. The second-order valence-electron chi connectivity index (χ2n) is 2.97. The van der Waals surface area contributed by atoms with E-state index in [1.807, 2.05) is 0 Å². The zero-order chi connectivity index (χ0) is 8.97. The van der Waals surface area contributed by atoms with Crippen LogP contribution in [0.5, 0.6) is 0 Å². The van der Waals surface area contributed by atoms with E-state index < -0.39 is 0 Å². The molecule has 0 saturated carbocycles. The third-order valence-corrected chi connectivity index (χ3v) is 2.18. The first-order chi connectivity index (χ1) is 5.77. The van der Waals surface area contributed by atoms with Crippen molar-refractivity contribution in [3.05, 3.63) is 0 Å². The molecule has 1 N–H and O–H groups in total. The van der Waals surface area contributed by atoms with Gasteiger partial charge in [0.05, 0.1) is 19.1 Å². The van der Waals surface area contributed by atoms with Gasteiger partial charge >= 0.3 is 5.97 Å². The summed E-state index contributed by atoms with van der Waals surface area (Å²) >= 11 is 0. The number of nitrogens with one attached hydrogen (secondary N) is 1. The van der Waals surface area contributed by atoms with Crippen LogP contribution in [0.25, 0.3) is 0 Å². The lowest BCUT2D eigenvalue weighted by Gasteiger charge is -2.27. The van der Waals surface area contributed by atoms with Gasteiger partial charge in [0.25, 0.3) is 0 Å². The summed E-state index contributed by atoms with van der Waals surface area (Å²) in [6, 6.07) is 0. The summed E-state index contributed by atoms with van der Waals surface area (Å²) < 4.78 is 9.79. The van der Waals surface area contributed by atoms with E-state index in [-0.39, 0.29) is 18.0 Å². The first-order valence-electron chi connectivity index (χ1n) is 4.09. The van der Waals surface area contributed by atoms with Crippen molar-refractivity contribution in [3.8, 4) is 0 Å². The molecule has 4 nitrogen and oxygen atoms in total. The van der Waals surface area contributed by atoms with Gasteiger partial charge in [0, 0.05) is 20.2 Å². The van der Waals surface area contributed by atoms with Crippen molar-refractivity contribution in [2.24, 2.45) is 5.92 Å². The Morgan fingerprint density at radius 1 is 1.42 bits per heavy atom. The Labute approximate surface area is 72.2 Å². The molecule has 12 heavy (non-hydrogen) atoms. The highest BCUT2D eigenvalue weighted by Crippen LogP contribution is 2.13. The van der Waals surface area contributed by atoms with E-state index >= 15 is 0 Å². The Kier molecular flexibility index (Phi) is 3.49. The van der Waals surface area contributed by atoms with Gasteiger partial charge in [-0.15, -0.1) is 0 Å². The highest BCUT2D eigenvalue weighted by Gasteiger charge is 2.27. The second kappa shape index (κ2) is 4.42. The van der Waals surface area contributed by atoms with Crippen molar-refractivity contribution in [2.45, 2.75) is 12.5 Å². The quantitative estimate of drug-likeness (QED) is 0.587. The van der Waals surface area contributed by atoms with E-state index in [2.05, 4.69) is 10.1 Å². The van der Waals surface area contributed by atoms with Gasteiger partial charge in [-0.05, 0) is 6.42 Å². The van der Waals surface area contributed by atoms with Crippen LogP contribution >= 0.6 is 0 Å². The Bertz CT molecular complexity index is 160. The minimum atomic E-state index is -0.149. The highest BCUT2D eigenvalue weighted by atomic mass is 16.5. The van der Waals surface area contributed by atoms with Gasteiger partial charge in [-0.2, -0.15) is 0 Å². The monoisotopic (exact) mass is 173 g/mol. The molecule has 1 saturated heterocycles. The maximum Gasteiger partial charge on any atom is 0.310 e. The number of esters is 1. The maximum atomic E-state index is 11.1. The molecule has 0 aliphatic carbocycles. The lowest BCUT2D eigenvalue weighted by atomic mass is 9.98. The molecule has 1 aliphatic rings. The topological polar surface area (TPSA) is 47.6 Å². The van der Waals surface area contributed by atoms with Crippen LogP contribution in [0, 0.1) is 5.92 Å². The zero-order valence-electron chi connectivity index (χ0n) is 7.50. The summed E-state index contributed by atoms with van der Waals surface area (Å²) in [7, 11) is 3.07. The zero-order valence-corrected chi connectivity index (χ0v) is 7.50. The molecule has 0 spiro atoms. The molecule has 0 aromatic rings. The number of piperidine rings is 1. The van der Waals surface area contributed by atoms with Crippen molar-refractivity contribution < 1.29 is 14.3 Å². The van der Waals surface area contributed by atoms with E-state index in [9.17, 15) is 4.79 Å². The normalized spacial score (nSPS) is 29.8. The van der Waals surface area contributed by atoms with Gasteiger partial charge in [-0.1, -0.05) is 0 Å². The molecule has 70 valence electrons. The third-order valence-electron chi connectivity index (χ3n) is 2.18. The molecule has 0 aromatic carbocycles. The van der Waals surface area contributed by atoms with Crippen LogP contribution in [0.15, 0.2) is 0 Å². The van der Waals surface area contributed by atoms with Crippen LogP contribution in [0.4, 0.5) is 0 Å². The molecular formula is C8H15NO3. The predicted molar refractivity (Wildman–Crippen MR) is 43.8 cm³/mol. The van der Waals surface area contributed by atoms with Crippen LogP contribution in [0.3, 0.4) is 0 Å². The Morgan fingerprint density at radius 2 is 2.17 bits per heavy atom. The summed E-state index contributed by atoms with van der Waals surface area (Å²) in [6.45, 7) is 1.52. The molecule has 1 rings (SSSR count). The first kappa shape index (κ1) is 9.48. The van der Waals surface area contributed by atoms with Gasteiger partial charge in [0.2, 0.25) is 0 Å². The maximum absolute atomic E-state index is 11.1. The van der Waals surface area contributed by atoms with Crippen LogP contribution in [0.2, 0.25) is 0 Å². The smallest absolute Gasteiger partial charge is 0.310 e. The Balaban J connectivity index is 2.40. The fourth-order valence-electron chi connectivity index (χ4n) is 1.43. The van der Waals surface area contributed by atoms with Crippen molar-refractivity contribution in [1.29, 1.82) is 0 Å².